The average Bonchev–Trinajstić information content (AvgIpc) is 2.51. The standard InChI is InChI=1S/C17H21Cl2NO6/c1-17(2,3)26-16(24)20-12(15(22)23)5-4-8-25-13-7-6-11(18)14(19)10(13)9-21/h6-7,9,12H,4-5,8H2,1-3H3,(H,20,24)(H,22,23). The molecule has 0 heterocycles. The van der Waals surface area contributed by atoms with Gasteiger partial charge in [-0.2, -0.15) is 0 Å². The molecule has 0 aliphatic rings. The molecular weight excluding hydrogens is 385 g/mol. The van der Waals surface area contributed by atoms with Crippen molar-refractivity contribution < 1.29 is 29.0 Å². The van der Waals surface area contributed by atoms with Gasteiger partial charge in [0.05, 0.1) is 22.2 Å². The quantitative estimate of drug-likeness (QED) is 0.501. The zero-order chi connectivity index (χ0) is 19.9. The summed E-state index contributed by atoms with van der Waals surface area (Å²) in [5, 5.41) is 11.8. The van der Waals surface area contributed by atoms with Crippen molar-refractivity contribution >= 4 is 41.6 Å². The Morgan fingerprint density at radius 3 is 2.50 bits per heavy atom. The number of aldehydes is 1. The maximum atomic E-state index is 11.7. The number of alkyl carbamates (subject to hydrolysis) is 1. The molecule has 1 rings (SSSR count). The van der Waals surface area contributed by atoms with Crippen LogP contribution in [0.3, 0.4) is 0 Å². The lowest BCUT2D eigenvalue weighted by Gasteiger charge is -2.22. The van der Waals surface area contributed by atoms with Crippen LogP contribution in [0.25, 0.3) is 0 Å². The van der Waals surface area contributed by atoms with Gasteiger partial charge in [0, 0.05) is 0 Å². The van der Waals surface area contributed by atoms with Crippen molar-refractivity contribution in [2.24, 2.45) is 0 Å². The number of carbonyl (C=O) groups is 3. The van der Waals surface area contributed by atoms with Gasteiger partial charge >= 0.3 is 12.1 Å². The van der Waals surface area contributed by atoms with Gasteiger partial charge in [0.15, 0.2) is 6.29 Å². The summed E-state index contributed by atoms with van der Waals surface area (Å²) in [7, 11) is 0. The van der Waals surface area contributed by atoms with Crippen LogP contribution in [0.1, 0.15) is 44.0 Å². The van der Waals surface area contributed by atoms with Crippen molar-refractivity contribution in [3.05, 3.63) is 27.7 Å². The number of carbonyl (C=O) groups excluding carboxylic acids is 2. The third-order valence-corrected chi connectivity index (χ3v) is 3.91. The molecule has 0 spiro atoms. The number of ether oxygens (including phenoxy) is 2. The highest BCUT2D eigenvalue weighted by molar-refractivity contribution is 6.43. The minimum Gasteiger partial charge on any atom is -0.493 e. The van der Waals surface area contributed by atoms with Gasteiger partial charge in [-0.05, 0) is 45.7 Å². The summed E-state index contributed by atoms with van der Waals surface area (Å²) in [5.41, 5.74) is -0.601. The van der Waals surface area contributed by atoms with E-state index in [4.69, 9.17) is 32.7 Å². The summed E-state index contributed by atoms with van der Waals surface area (Å²) in [6.07, 6.45) is 0.157. The number of benzene rings is 1. The number of halogens is 2. The molecule has 1 unspecified atom stereocenters. The van der Waals surface area contributed by atoms with Gasteiger partial charge in [-0.15, -0.1) is 0 Å². The molecule has 2 N–H and O–H groups in total. The molecule has 1 amide bonds. The van der Waals surface area contributed by atoms with E-state index in [1.807, 2.05) is 0 Å². The summed E-state index contributed by atoms with van der Waals surface area (Å²) in [4.78, 5) is 34.0. The molecule has 0 aliphatic carbocycles. The number of rotatable bonds is 8. The van der Waals surface area contributed by atoms with Gasteiger partial charge in [-0.3, -0.25) is 4.79 Å². The van der Waals surface area contributed by atoms with Crippen LogP contribution in [0.4, 0.5) is 4.79 Å². The van der Waals surface area contributed by atoms with E-state index >= 15 is 0 Å². The van der Waals surface area contributed by atoms with Crippen LogP contribution in [-0.4, -0.2) is 41.7 Å². The van der Waals surface area contributed by atoms with Crippen molar-refractivity contribution in [2.45, 2.75) is 45.3 Å². The highest BCUT2D eigenvalue weighted by Crippen LogP contribution is 2.31. The summed E-state index contributed by atoms with van der Waals surface area (Å²) < 4.78 is 10.5. The van der Waals surface area contributed by atoms with Crippen LogP contribution in [-0.2, 0) is 9.53 Å². The fraction of sp³-hybridized carbons (Fsp3) is 0.471. The van der Waals surface area contributed by atoms with Gasteiger partial charge in [0.25, 0.3) is 0 Å². The normalized spacial score (nSPS) is 12.2. The van der Waals surface area contributed by atoms with Crippen LogP contribution in [0, 0.1) is 0 Å². The predicted molar refractivity (Wildman–Crippen MR) is 97.4 cm³/mol. The molecule has 9 heteroatoms. The Kier molecular flexibility index (Phi) is 8.17. The number of carboxylic acids is 1. The molecule has 144 valence electrons. The number of hydrogen-bond donors (Lipinski definition) is 2. The number of amides is 1. The lowest BCUT2D eigenvalue weighted by molar-refractivity contribution is -0.139. The molecule has 0 saturated heterocycles. The predicted octanol–water partition coefficient (Wildman–Crippen LogP) is 3.94. The summed E-state index contributed by atoms with van der Waals surface area (Å²) in [6.45, 7) is 5.16. The lowest BCUT2D eigenvalue weighted by Crippen LogP contribution is -2.43. The van der Waals surface area contributed by atoms with Crippen LogP contribution < -0.4 is 10.1 Å². The summed E-state index contributed by atoms with van der Waals surface area (Å²) in [6, 6.07) is 1.88. The lowest BCUT2D eigenvalue weighted by atomic mass is 10.1. The number of hydrogen-bond acceptors (Lipinski definition) is 5. The second kappa shape index (κ2) is 9.64. The van der Waals surface area contributed by atoms with Gasteiger partial charge in [-0.1, -0.05) is 23.2 Å². The summed E-state index contributed by atoms with van der Waals surface area (Å²) >= 11 is 11.8. The second-order valence-corrected chi connectivity index (χ2v) is 7.20. The molecule has 0 fully saturated rings. The molecule has 0 saturated carbocycles. The Labute approximate surface area is 161 Å². The molecule has 1 aromatic carbocycles. The zero-order valence-corrected chi connectivity index (χ0v) is 16.2. The first-order chi connectivity index (χ1) is 12.0. The molecule has 1 atom stereocenters. The van der Waals surface area contributed by atoms with Gasteiger partial charge in [0.2, 0.25) is 0 Å². The average molecular weight is 406 g/mol. The third kappa shape index (κ3) is 7.09. The Balaban J connectivity index is 2.57. The largest absolute Gasteiger partial charge is 0.493 e. The highest BCUT2D eigenvalue weighted by Gasteiger charge is 2.23. The maximum Gasteiger partial charge on any atom is 0.408 e. The van der Waals surface area contributed by atoms with E-state index in [-0.39, 0.29) is 34.4 Å². The van der Waals surface area contributed by atoms with Gasteiger partial charge < -0.3 is 19.9 Å². The Hall–Kier alpha value is -1.99. The van der Waals surface area contributed by atoms with Gasteiger partial charge in [-0.25, -0.2) is 9.59 Å². The van der Waals surface area contributed by atoms with E-state index in [1.54, 1.807) is 20.8 Å². The first-order valence-electron chi connectivity index (χ1n) is 7.83. The van der Waals surface area contributed by atoms with E-state index in [1.165, 1.54) is 12.1 Å². The van der Waals surface area contributed by atoms with E-state index < -0.39 is 23.7 Å². The fourth-order valence-corrected chi connectivity index (χ4v) is 2.33. The number of nitrogens with one attached hydrogen (secondary N) is 1. The second-order valence-electron chi connectivity index (χ2n) is 6.42. The van der Waals surface area contributed by atoms with Crippen LogP contribution in [0.5, 0.6) is 5.75 Å². The number of carboxylic acid groups (broad SMARTS) is 1. The number of aliphatic carboxylic acids is 1. The van der Waals surface area contributed by atoms with E-state index in [9.17, 15) is 19.5 Å². The Morgan fingerprint density at radius 2 is 1.96 bits per heavy atom. The minimum atomic E-state index is -1.18. The molecule has 1 aromatic rings. The van der Waals surface area contributed by atoms with Crippen LogP contribution in [0.2, 0.25) is 10.0 Å². The van der Waals surface area contributed by atoms with Crippen molar-refractivity contribution in [1.29, 1.82) is 0 Å². The highest BCUT2D eigenvalue weighted by atomic mass is 35.5. The van der Waals surface area contributed by atoms with Crippen molar-refractivity contribution in [3.8, 4) is 5.75 Å². The Bertz CT molecular complexity index is 672. The van der Waals surface area contributed by atoms with Gasteiger partial charge in [0.1, 0.15) is 17.4 Å². The maximum absolute atomic E-state index is 11.7. The molecule has 0 aromatic heterocycles. The van der Waals surface area contributed by atoms with Crippen LogP contribution >= 0.6 is 23.2 Å². The summed E-state index contributed by atoms with van der Waals surface area (Å²) in [5.74, 6) is -0.930. The first-order valence-corrected chi connectivity index (χ1v) is 8.59. The third-order valence-electron chi connectivity index (χ3n) is 3.09. The van der Waals surface area contributed by atoms with E-state index in [0.717, 1.165) is 0 Å². The topological polar surface area (TPSA) is 102 Å². The fourth-order valence-electron chi connectivity index (χ4n) is 1.96. The molecule has 26 heavy (non-hydrogen) atoms. The monoisotopic (exact) mass is 405 g/mol. The van der Waals surface area contributed by atoms with Crippen molar-refractivity contribution in [3.63, 3.8) is 0 Å². The molecule has 0 aliphatic heterocycles. The van der Waals surface area contributed by atoms with Crippen molar-refractivity contribution in [2.75, 3.05) is 6.61 Å². The zero-order valence-electron chi connectivity index (χ0n) is 14.7. The smallest absolute Gasteiger partial charge is 0.408 e. The Morgan fingerprint density at radius 1 is 1.31 bits per heavy atom. The van der Waals surface area contributed by atoms with E-state index in [2.05, 4.69) is 5.32 Å². The SMILES string of the molecule is CC(C)(C)OC(=O)NC(CCCOc1ccc(Cl)c(Cl)c1C=O)C(=O)O. The van der Waals surface area contributed by atoms with Crippen molar-refractivity contribution in [1.82, 2.24) is 5.32 Å². The molecule has 7 nitrogen and oxygen atoms in total. The first kappa shape index (κ1) is 22.1. The molecule has 0 bridgehead atoms. The van der Waals surface area contributed by atoms with E-state index in [0.29, 0.717) is 12.7 Å². The molecular formula is C17H21Cl2NO6. The minimum absolute atomic E-state index is 0.0918. The van der Waals surface area contributed by atoms with Crippen LogP contribution in [0.15, 0.2) is 12.1 Å². The molecule has 0 radical (unpaired) electrons.